The fourth-order valence-corrected chi connectivity index (χ4v) is 1.81. The maximum atomic E-state index is 9.29. The van der Waals surface area contributed by atoms with Crippen LogP contribution in [-0.4, -0.2) is 7.11 Å². The van der Waals surface area contributed by atoms with Crippen molar-refractivity contribution in [3.05, 3.63) is 70.1 Å². The minimum absolute atomic E-state index is 0.517. The standard InChI is InChI=1S/C16H12N4O/c1-21-16-8-2-12(3-9-16)10-14(11-17)13-4-6-15(7-5-13)19-20-18/h2-10H,1H3/b14-10+. The van der Waals surface area contributed by atoms with E-state index >= 15 is 0 Å². The van der Waals surface area contributed by atoms with Gasteiger partial charge >= 0.3 is 0 Å². The van der Waals surface area contributed by atoms with Crippen molar-refractivity contribution in [3.63, 3.8) is 0 Å². The van der Waals surface area contributed by atoms with E-state index in [-0.39, 0.29) is 0 Å². The molecule has 0 N–H and O–H groups in total. The number of ether oxygens (including phenoxy) is 1. The van der Waals surface area contributed by atoms with Crippen LogP contribution in [0.4, 0.5) is 5.69 Å². The minimum Gasteiger partial charge on any atom is -0.497 e. The SMILES string of the molecule is COc1ccc(/C=C(\C#N)c2ccc(N=[N+]=[N-])cc2)cc1. The molecule has 2 aromatic rings. The Labute approximate surface area is 122 Å². The summed E-state index contributed by atoms with van der Waals surface area (Å²) in [5.41, 5.74) is 11.1. The molecule has 0 radical (unpaired) electrons. The Kier molecular flexibility index (Phi) is 4.60. The molecule has 0 saturated carbocycles. The second-order valence-corrected chi connectivity index (χ2v) is 4.18. The fraction of sp³-hybridized carbons (Fsp3) is 0.0625. The lowest BCUT2D eigenvalue weighted by atomic mass is 10.0. The quantitative estimate of drug-likeness (QED) is 0.266. The lowest BCUT2D eigenvalue weighted by Gasteiger charge is -2.02. The zero-order chi connectivity index (χ0) is 15.1. The van der Waals surface area contributed by atoms with E-state index in [1.165, 1.54) is 0 Å². The molecule has 0 amide bonds. The summed E-state index contributed by atoms with van der Waals surface area (Å²) in [5, 5.41) is 12.8. The molecule has 0 saturated heterocycles. The van der Waals surface area contributed by atoms with Gasteiger partial charge in [-0.3, -0.25) is 0 Å². The second kappa shape index (κ2) is 6.80. The Bertz CT molecular complexity index is 733. The number of allylic oxidation sites excluding steroid dienone is 1. The highest BCUT2D eigenvalue weighted by atomic mass is 16.5. The maximum absolute atomic E-state index is 9.29. The summed E-state index contributed by atoms with van der Waals surface area (Å²) < 4.78 is 5.10. The summed E-state index contributed by atoms with van der Waals surface area (Å²) in [6.45, 7) is 0. The summed E-state index contributed by atoms with van der Waals surface area (Å²) in [5.74, 6) is 0.768. The zero-order valence-electron chi connectivity index (χ0n) is 11.4. The van der Waals surface area contributed by atoms with E-state index in [9.17, 15) is 5.26 Å². The topological polar surface area (TPSA) is 81.8 Å². The van der Waals surface area contributed by atoms with Crippen molar-refractivity contribution in [2.24, 2.45) is 5.11 Å². The number of nitrogens with zero attached hydrogens (tertiary/aromatic N) is 4. The first-order valence-electron chi connectivity index (χ1n) is 6.18. The molecule has 0 aliphatic rings. The molecule has 0 bridgehead atoms. The average molecular weight is 276 g/mol. The van der Waals surface area contributed by atoms with Gasteiger partial charge in [-0.05, 0) is 34.9 Å². The number of rotatable bonds is 4. The highest BCUT2D eigenvalue weighted by Crippen LogP contribution is 2.22. The molecule has 2 rings (SSSR count). The van der Waals surface area contributed by atoms with Crippen LogP contribution in [0.3, 0.4) is 0 Å². The van der Waals surface area contributed by atoms with E-state index in [0.29, 0.717) is 11.3 Å². The molecular weight excluding hydrogens is 264 g/mol. The van der Waals surface area contributed by atoms with Gasteiger partial charge in [-0.2, -0.15) is 5.26 Å². The Morgan fingerprint density at radius 3 is 2.38 bits per heavy atom. The van der Waals surface area contributed by atoms with Crippen LogP contribution >= 0.6 is 0 Å². The van der Waals surface area contributed by atoms with Gasteiger partial charge < -0.3 is 4.74 Å². The van der Waals surface area contributed by atoms with Crippen LogP contribution in [0, 0.1) is 11.3 Å². The Morgan fingerprint density at radius 1 is 1.19 bits per heavy atom. The molecule has 0 aromatic heterocycles. The molecule has 0 aliphatic heterocycles. The van der Waals surface area contributed by atoms with Crippen molar-refractivity contribution in [1.82, 2.24) is 0 Å². The van der Waals surface area contributed by atoms with Gasteiger partial charge in [0.25, 0.3) is 0 Å². The van der Waals surface area contributed by atoms with Crippen molar-refractivity contribution in [1.29, 1.82) is 5.26 Å². The zero-order valence-corrected chi connectivity index (χ0v) is 11.4. The first-order valence-corrected chi connectivity index (χ1v) is 6.18. The minimum atomic E-state index is 0.517. The van der Waals surface area contributed by atoms with E-state index in [4.69, 9.17) is 10.3 Å². The number of nitriles is 1. The summed E-state index contributed by atoms with van der Waals surface area (Å²) >= 11 is 0. The molecule has 0 heterocycles. The Balaban J connectivity index is 2.31. The Hall–Kier alpha value is -3.22. The third kappa shape index (κ3) is 3.63. The smallest absolute Gasteiger partial charge is 0.118 e. The highest BCUT2D eigenvalue weighted by Gasteiger charge is 2.01. The molecule has 5 heteroatoms. The molecule has 0 unspecified atom stereocenters. The normalized spacial score (nSPS) is 10.4. The van der Waals surface area contributed by atoms with Gasteiger partial charge in [0.05, 0.1) is 18.8 Å². The summed E-state index contributed by atoms with van der Waals surface area (Å²) in [6, 6.07) is 16.5. The van der Waals surface area contributed by atoms with Crippen LogP contribution in [0.2, 0.25) is 0 Å². The summed E-state index contributed by atoms with van der Waals surface area (Å²) in [7, 11) is 1.61. The van der Waals surface area contributed by atoms with Gasteiger partial charge in [-0.15, -0.1) is 0 Å². The maximum Gasteiger partial charge on any atom is 0.118 e. The van der Waals surface area contributed by atoms with Gasteiger partial charge in [-0.25, -0.2) is 0 Å². The van der Waals surface area contributed by atoms with Crippen LogP contribution < -0.4 is 4.74 Å². The lowest BCUT2D eigenvalue weighted by Crippen LogP contribution is -1.83. The fourth-order valence-electron chi connectivity index (χ4n) is 1.81. The molecule has 0 spiro atoms. The molecule has 21 heavy (non-hydrogen) atoms. The van der Waals surface area contributed by atoms with Gasteiger partial charge in [-0.1, -0.05) is 41.5 Å². The third-order valence-corrected chi connectivity index (χ3v) is 2.89. The van der Waals surface area contributed by atoms with Crippen molar-refractivity contribution < 1.29 is 4.74 Å². The lowest BCUT2D eigenvalue weighted by molar-refractivity contribution is 0.415. The summed E-state index contributed by atoms with van der Waals surface area (Å²) in [4.78, 5) is 2.72. The van der Waals surface area contributed by atoms with Crippen molar-refractivity contribution in [2.75, 3.05) is 7.11 Å². The van der Waals surface area contributed by atoms with E-state index in [2.05, 4.69) is 16.1 Å². The monoisotopic (exact) mass is 276 g/mol. The van der Waals surface area contributed by atoms with Crippen LogP contribution in [0.1, 0.15) is 11.1 Å². The molecular formula is C16H12N4O. The van der Waals surface area contributed by atoms with Gasteiger partial charge in [0.15, 0.2) is 0 Å². The van der Waals surface area contributed by atoms with Crippen LogP contribution in [-0.2, 0) is 0 Å². The highest BCUT2D eigenvalue weighted by molar-refractivity contribution is 5.89. The van der Waals surface area contributed by atoms with E-state index in [1.807, 2.05) is 24.3 Å². The molecule has 0 aliphatic carbocycles. The molecule has 0 atom stereocenters. The van der Waals surface area contributed by atoms with Gasteiger partial charge in [0.2, 0.25) is 0 Å². The first-order chi connectivity index (χ1) is 10.3. The van der Waals surface area contributed by atoms with Crippen molar-refractivity contribution >= 4 is 17.3 Å². The van der Waals surface area contributed by atoms with Crippen LogP contribution in [0.25, 0.3) is 22.1 Å². The van der Waals surface area contributed by atoms with E-state index in [1.54, 1.807) is 37.5 Å². The van der Waals surface area contributed by atoms with Crippen LogP contribution in [0.5, 0.6) is 5.75 Å². The van der Waals surface area contributed by atoms with Crippen molar-refractivity contribution in [3.8, 4) is 11.8 Å². The number of azide groups is 1. The summed E-state index contributed by atoms with van der Waals surface area (Å²) in [6.07, 6.45) is 1.79. The average Bonchev–Trinajstić information content (AvgIpc) is 2.54. The van der Waals surface area contributed by atoms with Crippen LogP contribution in [0.15, 0.2) is 53.6 Å². The number of benzene rings is 2. The molecule has 102 valence electrons. The Morgan fingerprint density at radius 2 is 1.86 bits per heavy atom. The molecule has 2 aromatic carbocycles. The van der Waals surface area contributed by atoms with Gasteiger partial charge in [0.1, 0.15) is 5.75 Å². The number of hydrogen-bond donors (Lipinski definition) is 0. The predicted molar refractivity (Wildman–Crippen MR) is 81.7 cm³/mol. The van der Waals surface area contributed by atoms with E-state index in [0.717, 1.165) is 16.9 Å². The third-order valence-electron chi connectivity index (χ3n) is 2.89. The molecule has 5 nitrogen and oxygen atoms in total. The predicted octanol–water partition coefficient (Wildman–Crippen LogP) is 4.70. The number of hydrogen-bond acceptors (Lipinski definition) is 3. The van der Waals surface area contributed by atoms with Gasteiger partial charge in [0, 0.05) is 10.6 Å². The van der Waals surface area contributed by atoms with E-state index < -0.39 is 0 Å². The first kappa shape index (κ1) is 14.2. The van der Waals surface area contributed by atoms with Crippen molar-refractivity contribution in [2.45, 2.75) is 0 Å². The largest absolute Gasteiger partial charge is 0.497 e. The number of methoxy groups -OCH3 is 1. The second-order valence-electron chi connectivity index (χ2n) is 4.18. The molecule has 0 fully saturated rings.